The van der Waals surface area contributed by atoms with Crippen LogP contribution in [0.4, 0.5) is 22.0 Å². The van der Waals surface area contributed by atoms with Gasteiger partial charge in [0.15, 0.2) is 5.78 Å². The minimum atomic E-state index is -5.08. The number of halogens is 5. The molecular weight excluding hydrogens is 1150 g/mol. The van der Waals surface area contributed by atoms with Gasteiger partial charge in [0.2, 0.25) is 41.4 Å². The molecule has 0 bridgehead atoms. The number of carbonyl (C=O) groups is 12. The number of aliphatic carboxylic acids is 2. The summed E-state index contributed by atoms with van der Waals surface area (Å²) in [6.45, 7) is 6.02. The number of alkyl halides is 3. The van der Waals surface area contributed by atoms with Crippen molar-refractivity contribution in [3.63, 3.8) is 0 Å². The monoisotopic (exact) mass is 1220 g/mol. The third-order valence-electron chi connectivity index (χ3n) is 13.1. The standard InChI is InChI=1S/C54H70F2N10O13.C2HF3O2/c1-31(23-42(68)32(2)61-45(71)29-66-46(72)16-17-47(66)73)50(75)63-40(26-43(58)69)52(77)62-39(51(76)60-21-18-44(70)59-20-10-9-13-38(57)53(78)79)19-22-65(48(74)30-67)49(54(3,4)5)41-24-34(36-25-35(55)14-15-37(36)56)28-64(41)27-33-11-7-6-8-12-33;3-2(4,5)1(6)7/h6-8,11-12,14-17,24-25,28,31-32,38-40,49,67H,9-10,13,18-23,26-27,29-30,57H2,1-5H3,(H2,58,69)(H,59,70)(H,60,76)(H,61,71)(H,62,77)(H,63,75)(H,78,79);(H,6,7)/t31-,32+,38+,39+,40+,49+;/m1./s1. The van der Waals surface area contributed by atoms with Crippen molar-refractivity contribution in [2.75, 3.05) is 32.8 Å². The molecule has 30 heteroatoms. The van der Waals surface area contributed by atoms with Gasteiger partial charge in [0.05, 0.1) is 18.5 Å². The van der Waals surface area contributed by atoms with Gasteiger partial charge in [-0.2, -0.15) is 13.2 Å². The van der Waals surface area contributed by atoms with Gasteiger partial charge >= 0.3 is 18.1 Å². The van der Waals surface area contributed by atoms with Crippen LogP contribution in [0.25, 0.3) is 11.1 Å². The molecule has 9 amide bonds. The normalized spacial score (nSPS) is 14.3. The van der Waals surface area contributed by atoms with Gasteiger partial charge in [0.25, 0.3) is 11.8 Å². The summed E-state index contributed by atoms with van der Waals surface area (Å²) in [4.78, 5) is 153. The molecule has 25 nitrogen and oxygen atoms in total. The van der Waals surface area contributed by atoms with Crippen LogP contribution >= 0.6 is 0 Å². The Hall–Kier alpha value is -8.93. The summed E-state index contributed by atoms with van der Waals surface area (Å²) < 4.78 is 63.5. The SMILES string of the molecule is C[C@H](CC(=O)[C@H](C)NC(=O)CN1C(=O)C=CC1=O)C(=O)N[C@@H](CC(N)=O)C(=O)N[C@@H](CCN(C(=O)CO)[C@@H](c1cc(-c2cc(F)ccc2F)cn1Cc1ccccc1)C(C)(C)C)C(=O)NCCC(=O)NCCCC[C@H](N)C(=O)O.O=C(O)C(F)(F)F. The number of unbranched alkanes of at least 4 members (excludes halogenated alkanes) is 1. The fourth-order valence-electron chi connectivity index (χ4n) is 8.65. The van der Waals surface area contributed by atoms with Gasteiger partial charge in [-0.25, -0.2) is 13.6 Å². The molecule has 0 fully saturated rings. The number of rotatable bonds is 31. The number of nitrogens with two attached hydrogens (primary N) is 2. The summed E-state index contributed by atoms with van der Waals surface area (Å²) in [5, 5.41) is 39.1. The van der Waals surface area contributed by atoms with Crippen LogP contribution in [-0.2, 0) is 64.1 Å². The summed E-state index contributed by atoms with van der Waals surface area (Å²) in [6, 6.07) is 7.10. The molecule has 1 aromatic heterocycles. The van der Waals surface area contributed by atoms with Crippen LogP contribution in [0.2, 0.25) is 0 Å². The number of imide groups is 1. The second kappa shape index (κ2) is 32.9. The topological polar surface area (TPSA) is 389 Å². The summed E-state index contributed by atoms with van der Waals surface area (Å²) in [7, 11) is 0. The summed E-state index contributed by atoms with van der Waals surface area (Å²) >= 11 is 0. The summed E-state index contributed by atoms with van der Waals surface area (Å²) in [5.41, 5.74) is 11.5. The average molecular weight is 1220 g/mol. The Kier molecular flexibility index (Phi) is 27.3. The lowest BCUT2D eigenvalue weighted by molar-refractivity contribution is -0.192. The number of nitrogens with zero attached hydrogens (tertiary/aromatic N) is 3. The summed E-state index contributed by atoms with van der Waals surface area (Å²) in [6.07, 6.45) is -2.50. The second-order valence-corrected chi connectivity index (χ2v) is 21.1. The highest BCUT2D eigenvalue weighted by Gasteiger charge is 2.40. The van der Waals surface area contributed by atoms with E-state index < -0.39 is 163 Å². The zero-order valence-corrected chi connectivity index (χ0v) is 47.7. The van der Waals surface area contributed by atoms with Crippen molar-refractivity contribution < 1.29 is 94.8 Å². The maximum absolute atomic E-state index is 15.4. The Morgan fingerprint density at radius 3 is 1.93 bits per heavy atom. The first-order chi connectivity index (χ1) is 40.1. The van der Waals surface area contributed by atoms with Crippen LogP contribution < -0.4 is 38.1 Å². The van der Waals surface area contributed by atoms with Crippen LogP contribution in [0.15, 0.2) is 72.9 Å². The van der Waals surface area contributed by atoms with Gasteiger partial charge in [0, 0.05) is 80.1 Å². The van der Waals surface area contributed by atoms with Crippen molar-refractivity contribution in [3.8, 4) is 11.1 Å². The molecule has 6 atom stereocenters. The smallest absolute Gasteiger partial charge is 0.480 e. The van der Waals surface area contributed by atoms with Crippen molar-refractivity contribution in [3.05, 3.63) is 95.8 Å². The quantitative estimate of drug-likeness (QED) is 0.0248. The maximum Gasteiger partial charge on any atom is 0.490 e. The second-order valence-electron chi connectivity index (χ2n) is 21.1. The number of amides is 9. The Morgan fingerprint density at radius 2 is 1.36 bits per heavy atom. The Labute approximate surface area is 490 Å². The van der Waals surface area contributed by atoms with E-state index in [1.807, 2.05) is 30.3 Å². The molecule has 2 aromatic carbocycles. The zero-order chi connectivity index (χ0) is 64.8. The highest BCUT2D eigenvalue weighted by molar-refractivity contribution is 6.14. The Bertz CT molecular complexity index is 2970. The lowest BCUT2D eigenvalue weighted by Gasteiger charge is -2.41. The molecule has 3 aromatic rings. The van der Waals surface area contributed by atoms with Gasteiger partial charge < -0.3 is 62.8 Å². The van der Waals surface area contributed by atoms with Crippen LogP contribution in [0, 0.1) is 23.0 Å². The van der Waals surface area contributed by atoms with Crippen LogP contribution in [0.5, 0.6) is 0 Å². The predicted molar refractivity (Wildman–Crippen MR) is 295 cm³/mol. The first kappa shape index (κ1) is 71.3. The number of aliphatic hydroxyl groups excluding tert-OH is 1. The van der Waals surface area contributed by atoms with Crippen LogP contribution in [-0.4, -0.2) is 164 Å². The number of aliphatic hydroxyl groups is 1. The van der Waals surface area contributed by atoms with Crippen LogP contribution in [0.1, 0.15) is 96.9 Å². The number of ketones is 1. The van der Waals surface area contributed by atoms with Crippen molar-refractivity contribution in [2.24, 2.45) is 22.8 Å². The first-order valence-corrected chi connectivity index (χ1v) is 26.8. The van der Waals surface area contributed by atoms with E-state index in [2.05, 4.69) is 26.6 Å². The molecule has 0 saturated heterocycles. The molecule has 0 aliphatic carbocycles. The predicted octanol–water partition coefficient (Wildman–Crippen LogP) is 1.49. The van der Waals surface area contributed by atoms with E-state index in [0.29, 0.717) is 23.4 Å². The molecule has 4 rings (SSSR count). The fraction of sp³-hybridized carbons (Fsp3) is 0.464. The van der Waals surface area contributed by atoms with Crippen molar-refractivity contribution >= 4 is 70.9 Å². The molecule has 86 heavy (non-hydrogen) atoms. The van der Waals surface area contributed by atoms with Gasteiger partial charge in [0.1, 0.15) is 42.9 Å². The molecule has 2 heterocycles. The third-order valence-corrected chi connectivity index (χ3v) is 13.1. The Balaban J connectivity index is 0.00000259. The highest BCUT2D eigenvalue weighted by Crippen LogP contribution is 2.41. The van der Waals surface area contributed by atoms with Crippen molar-refractivity contribution in [1.82, 2.24) is 41.0 Å². The number of hydrogen-bond acceptors (Lipinski definition) is 14. The zero-order valence-electron chi connectivity index (χ0n) is 47.7. The molecular formula is C56H71F5N10O15. The van der Waals surface area contributed by atoms with Gasteiger partial charge in [-0.15, -0.1) is 0 Å². The number of Topliss-reactive ketones (excluding diaryl/α,β-unsaturated/α-hetero) is 1. The molecule has 0 unspecified atom stereocenters. The number of hydrogen-bond donors (Lipinski definition) is 10. The molecule has 0 saturated carbocycles. The number of aromatic nitrogens is 1. The van der Waals surface area contributed by atoms with E-state index in [4.69, 9.17) is 26.5 Å². The Morgan fingerprint density at radius 1 is 0.744 bits per heavy atom. The summed E-state index contributed by atoms with van der Waals surface area (Å²) in [5.74, 6) is -14.8. The van der Waals surface area contributed by atoms with E-state index in [1.165, 1.54) is 18.7 Å². The fourth-order valence-corrected chi connectivity index (χ4v) is 8.65. The average Bonchev–Trinajstić information content (AvgIpc) is 1.89. The molecule has 0 radical (unpaired) electrons. The third kappa shape index (κ3) is 22.9. The van der Waals surface area contributed by atoms with E-state index in [-0.39, 0.29) is 50.1 Å². The van der Waals surface area contributed by atoms with Gasteiger partial charge in [-0.05, 0) is 67.9 Å². The van der Waals surface area contributed by atoms with Crippen LogP contribution in [0.3, 0.4) is 0 Å². The largest absolute Gasteiger partial charge is 0.490 e. The number of benzene rings is 2. The van der Waals surface area contributed by atoms with Gasteiger partial charge in [-0.1, -0.05) is 58.0 Å². The molecule has 12 N–H and O–H groups in total. The lowest BCUT2D eigenvalue weighted by atomic mass is 9.82. The molecule has 470 valence electrons. The van der Waals surface area contributed by atoms with Gasteiger partial charge in [-0.3, -0.25) is 57.6 Å². The number of primary amides is 1. The highest BCUT2D eigenvalue weighted by atomic mass is 19.4. The van der Waals surface area contributed by atoms with Crippen molar-refractivity contribution in [1.29, 1.82) is 0 Å². The van der Waals surface area contributed by atoms with E-state index >= 15 is 4.39 Å². The lowest BCUT2D eigenvalue weighted by Crippen LogP contribution is -2.56. The van der Waals surface area contributed by atoms with Crippen molar-refractivity contribution in [2.45, 2.75) is 122 Å². The van der Waals surface area contributed by atoms with E-state index in [1.54, 1.807) is 37.6 Å². The maximum atomic E-state index is 15.4. The van der Waals surface area contributed by atoms with E-state index in [0.717, 1.165) is 35.9 Å². The minimum absolute atomic E-state index is 0.0725. The number of carboxylic acids is 2. The molecule has 0 spiro atoms. The first-order valence-electron chi connectivity index (χ1n) is 26.8. The molecule has 1 aliphatic rings. The minimum Gasteiger partial charge on any atom is -0.480 e. The molecule has 1 aliphatic heterocycles. The number of carbonyl (C=O) groups excluding carboxylic acids is 10. The number of carboxylic acid groups (broad SMARTS) is 2. The van der Waals surface area contributed by atoms with E-state index in [9.17, 15) is 75.4 Å². The number of nitrogens with one attached hydrogen (secondary N) is 5.